The third-order valence-electron chi connectivity index (χ3n) is 4.08. The smallest absolute Gasteiger partial charge is 0.341 e. The van der Waals surface area contributed by atoms with Gasteiger partial charge in [0.25, 0.3) is 5.91 Å². The van der Waals surface area contributed by atoms with Gasteiger partial charge in [0.15, 0.2) is 23.3 Å². The van der Waals surface area contributed by atoms with Crippen LogP contribution in [0.15, 0.2) is 59.0 Å². The zero-order valence-electron chi connectivity index (χ0n) is 16.6. The summed E-state index contributed by atoms with van der Waals surface area (Å²) in [6.45, 7) is 3.23. The van der Waals surface area contributed by atoms with Gasteiger partial charge in [0.05, 0.1) is 17.7 Å². The molecule has 0 unspecified atom stereocenters. The van der Waals surface area contributed by atoms with Crippen LogP contribution in [-0.4, -0.2) is 35.9 Å². The number of amides is 1. The molecule has 0 saturated carbocycles. The number of benzene rings is 2. The molecule has 160 valence electrons. The Morgan fingerprint density at radius 2 is 2.06 bits per heavy atom. The standard InChI is InChI=1S/C22H19ClN2O5S/c1-3-4-14-9-13(10-17(29-2)20(14)30-12-19(26)27)11-18-21(28)25-22(31-18)24-16-7-5-15(23)6-8-16/h3,5-11H,1,4,12H2,2H3,(H,26,27)(H,24,25,28)/b18-11-. The minimum absolute atomic E-state index is 0.270. The molecule has 0 atom stereocenters. The van der Waals surface area contributed by atoms with Crippen LogP contribution in [0.4, 0.5) is 5.69 Å². The third-order valence-corrected chi connectivity index (χ3v) is 5.25. The number of allylic oxidation sites excluding steroid dienone is 1. The van der Waals surface area contributed by atoms with Gasteiger partial charge in [0.2, 0.25) is 0 Å². The average molecular weight is 459 g/mol. The van der Waals surface area contributed by atoms with Gasteiger partial charge in [0, 0.05) is 10.6 Å². The predicted octanol–water partition coefficient (Wildman–Crippen LogP) is 4.43. The van der Waals surface area contributed by atoms with Gasteiger partial charge < -0.3 is 19.9 Å². The number of rotatable bonds is 8. The molecule has 2 aromatic rings. The van der Waals surface area contributed by atoms with Gasteiger partial charge in [0.1, 0.15) is 0 Å². The maximum Gasteiger partial charge on any atom is 0.341 e. The summed E-state index contributed by atoms with van der Waals surface area (Å²) in [4.78, 5) is 28.2. The number of carboxylic acids is 1. The van der Waals surface area contributed by atoms with E-state index in [4.69, 9.17) is 26.2 Å². The highest BCUT2D eigenvalue weighted by Crippen LogP contribution is 2.36. The van der Waals surface area contributed by atoms with Crippen molar-refractivity contribution >= 4 is 52.2 Å². The SMILES string of the molecule is C=CCc1cc(/C=C2\SC(=Nc3ccc(Cl)cc3)NC2=O)cc(OC)c1OCC(=O)O. The van der Waals surface area contributed by atoms with Gasteiger partial charge in [-0.05, 0) is 66.2 Å². The van der Waals surface area contributed by atoms with Gasteiger partial charge >= 0.3 is 5.97 Å². The number of carboxylic acid groups (broad SMARTS) is 1. The number of hydrogen-bond acceptors (Lipinski definition) is 6. The Balaban J connectivity index is 1.90. The molecular weight excluding hydrogens is 440 g/mol. The van der Waals surface area contributed by atoms with E-state index in [0.29, 0.717) is 49.8 Å². The predicted molar refractivity (Wildman–Crippen MR) is 122 cm³/mol. The Morgan fingerprint density at radius 3 is 2.71 bits per heavy atom. The first-order chi connectivity index (χ1) is 14.9. The van der Waals surface area contributed by atoms with Crippen LogP contribution in [0.25, 0.3) is 6.08 Å². The molecule has 3 rings (SSSR count). The van der Waals surface area contributed by atoms with Crippen molar-refractivity contribution in [2.24, 2.45) is 4.99 Å². The molecule has 1 fully saturated rings. The highest BCUT2D eigenvalue weighted by molar-refractivity contribution is 8.18. The Bertz CT molecular complexity index is 1080. The number of hydrogen-bond donors (Lipinski definition) is 2. The number of nitrogens with zero attached hydrogens (tertiary/aromatic N) is 1. The molecule has 7 nitrogen and oxygen atoms in total. The summed E-state index contributed by atoms with van der Waals surface area (Å²) >= 11 is 7.10. The molecule has 1 saturated heterocycles. The minimum Gasteiger partial charge on any atom is -0.493 e. The highest BCUT2D eigenvalue weighted by atomic mass is 35.5. The monoisotopic (exact) mass is 458 g/mol. The van der Waals surface area contributed by atoms with Crippen LogP contribution in [0.2, 0.25) is 5.02 Å². The number of amidine groups is 1. The minimum atomic E-state index is -1.09. The summed E-state index contributed by atoms with van der Waals surface area (Å²) in [5.41, 5.74) is 2.06. The second kappa shape index (κ2) is 10.2. The zero-order valence-corrected chi connectivity index (χ0v) is 18.1. The summed E-state index contributed by atoms with van der Waals surface area (Å²) in [6.07, 6.45) is 3.82. The number of aliphatic carboxylic acids is 1. The van der Waals surface area contributed by atoms with Crippen molar-refractivity contribution in [3.8, 4) is 11.5 Å². The van der Waals surface area contributed by atoms with Crippen molar-refractivity contribution in [3.05, 3.63) is 70.1 Å². The molecule has 1 aliphatic heterocycles. The normalized spacial score (nSPS) is 15.7. The number of methoxy groups -OCH3 is 1. The van der Waals surface area contributed by atoms with E-state index in [1.807, 2.05) is 0 Å². The molecule has 1 aliphatic rings. The number of aliphatic imine (C=N–C) groups is 1. The van der Waals surface area contributed by atoms with Crippen molar-refractivity contribution in [3.63, 3.8) is 0 Å². The van der Waals surface area contributed by atoms with E-state index >= 15 is 0 Å². The Morgan fingerprint density at radius 1 is 1.32 bits per heavy atom. The zero-order chi connectivity index (χ0) is 22.4. The maximum absolute atomic E-state index is 12.4. The number of thioether (sulfide) groups is 1. The average Bonchev–Trinajstić information content (AvgIpc) is 3.07. The molecule has 1 amide bonds. The molecule has 0 radical (unpaired) electrons. The van der Waals surface area contributed by atoms with Gasteiger partial charge in [-0.2, -0.15) is 0 Å². The van der Waals surface area contributed by atoms with Gasteiger partial charge in [-0.15, -0.1) is 6.58 Å². The summed E-state index contributed by atoms with van der Waals surface area (Å²) in [5.74, 6) is -0.663. The van der Waals surface area contributed by atoms with Crippen LogP contribution in [0.5, 0.6) is 11.5 Å². The lowest BCUT2D eigenvalue weighted by atomic mass is 10.0. The van der Waals surface area contributed by atoms with Crippen molar-refractivity contribution < 1.29 is 24.2 Å². The lowest BCUT2D eigenvalue weighted by Crippen LogP contribution is -2.19. The number of carbonyl (C=O) groups is 2. The molecule has 9 heteroatoms. The lowest BCUT2D eigenvalue weighted by molar-refractivity contribution is -0.139. The van der Waals surface area contributed by atoms with Crippen LogP contribution in [0, 0.1) is 0 Å². The molecule has 2 N–H and O–H groups in total. The molecule has 2 aromatic carbocycles. The molecule has 0 aromatic heterocycles. The quantitative estimate of drug-likeness (QED) is 0.448. The summed E-state index contributed by atoms with van der Waals surface area (Å²) in [7, 11) is 1.46. The van der Waals surface area contributed by atoms with E-state index in [0.717, 1.165) is 0 Å². The fourth-order valence-corrected chi connectivity index (χ4v) is 3.76. The van der Waals surface area contributed by atoms with Crippen LogP contribution < -0.4 is 14.8 Å². The van der Waals surface area contributed by atoms with Gasteiger partial charge in [-0.3, -0.25) is 4.79 Å². The Kier molecular flexibility index (Phi) is 7.38. The molecule has 0 bridgehead atoms. The Labute approximate surface area is 188 Å². The third kappa shape index (κ3) is 5.90. The van der Waals surface area contributed by atoms with Crippen molar-refractivity contribution in [2.75, 3.05) is 13.7 Å². The summed E-state index contributed by atoms with van der Waals surface area (Å²) in [5, 5.41) is 12.7. The van der Waals surface area contributed by atoms with Crippen LogP contribution in [0.3, 0.4) is 0 Å². The molecule has 1 heterocycles. The molecule has 0 aliphatic carbocycles. The van der Waals surface area contributed by atoms with Crippen LogP contribution in [-0.2, 0) is 16.0 Å². The molecular formula is C22H19ClN2O5S. The first-order valence-corrected chi connectivity index (χ1v) is 10.3. The van der Waals surface area contributed by atoms with Crippen LogP contribution >= 0.6 is 23.4 Å². The van der Waals surface area contributed by atoms with Crippen molar-refractivity contribution in [2.45, 2.75) is 6.42 Å². The van der Waals surface area contributed by atoms with Gasteiger partial charge in [-0.25, -0.2) is 9.79 Å². The number of halogens is 1. The van der Waals surface area contributed by atoms with E-state index in [2.05, 4.69) is 16.9 Å². The first-order valence-electron chi connectivity index (χ1n) is 9.11. The van der Waals surface area contributed by atoms with Crippen LogP contribution in [0.1, 0.15) is 11.1 Å². The van der Waals surface area contributed by atoms with E-state index in [9.17, 15) is 9.59 Å². The summed E-state index contributed by atoms with van der Waals surface area (Å²) in [6, 6.07) is 10.4. The van der Waals surface area contributed by atoms with E-state index in [-0.39, 0.29) is 5.91 Å². The van der Waals surface area contributed by atoms with Crippen molar-refractivity contribution in [1.82, 2.24) is 5.32 Å². The molecule has 31 heavy (non-hydrogen) atoms. The number of ether oxygens (including phenoxy) is 2. The lowest BCUT2D eigenvalue weighted by Gasteiger charge is -2.14. The first kappa shape index (κ1) is 22.5. The van der Waals surface area contributed by atoms with E-state index in [1.165, 1.54) is 18.9 Å². The largest absolute Gasteiger partial charge is 0.493 e. The van der Waals surface area contributed by atoms with Gasteiger partial charge in [-0.1, -0.05) is 17.7 Å². The molecule has 0 spiro atoms. The van der Waals surface area contributed by atoms with E-state index in [1.54, 1.807) is 48.6 Å². The number of carbonyl (C=O) groups excluding carboxylic acids is 1. The fraction of sp³-hybridized carbons (Fsp3) is 0.136. The Hall–Kier alpha value is -3.23. The second-order valence-electron chi connectivity index (χ2n) is 6.34. The maximum atomic E-state index is 12.4. The highest BCUT2D eigenvalue weighted by Gasteiger charge is 2.24. The van der Waals surface area contributed by atoms with Crippen molar-refractivity contribution in [1.29, 1.82) is 0 Å². The second-order valence-corrected chi connectivity index (χ2v) is 7.81. The van der Waals surface area contributed by atoms with E-state index < -0.39 is 12.6 Å². The fourth-order valence-electron chi connectivity index (χ4n) is 2.79. The topological polar surface area (TPSA) is 97.2 Å². The summed E-state index contributed by atoms with van der Waals surface area (Å²) < 4.78 is 10.8. The number of nitrogens with one attached hydrogen (secondary N) is 1.